The molecule has 1 saturated heterocycles. The fourth-order valence-electron chi connectivity index (χ4n) is 3.71. The van der Waals surface area contributed by atoms with Crippen molar-refractivity contribution in [1.29, 1.82) is 0 Å². The van der Waals surface area contributed by atoms with Crippen LogP contribution in [0.5, 0.6) is 0 Å². The second-order valence-corrected chi connectivity index (χ2v) is 6.10. The molecule has 1 aromatic carbocycles. The Hall–Kier alpha value is -1.66. The average Bonchev–Trinajstić information content (AvgIpc) is 3.00. The number of carbonyl (C=O) groups is 1. The summed E-state index contributed by atoms with van der Waals surface area (Å²) in [7, 11) is 0. The van der Waals surface area contributed by atoms with Crippen LogP contribution in [0.15, 0.2) is 18.2 Å². The van der Waals surface area contributed by atoms with Crippen molar-refractivity contribution in [3.63, 3.8) is 0 Å². The Morgan fingerprint density at radius 3 is 2.73 bits per heavy atom. The van der Waals surface area contributed by atoms with Crippen LogP contribution in [0, 0.1) is 28.9 Å². The van der Waals surface area contributed by atoms with Crippen LogP contribution in [0.4, 0.5) is 5.69 Å². The first kappa shape index (κ1) is 16.7. The molecule has 3 atom stereocenters. The number of rotatable bonds is 2. The van der Waals surface area contributed by atoms with E-state index in [0.717, 1.165) is 12.8 Å². The van der Waals surface area contributed by atoms with Gasteiger partial charge >= 0.3 is 0 Å². The summed E-state index contributed by atoms with van der Waals surface area (Å²) in [4.78, 5) is 25.1. The third-order valence-electron chi connectivity index (χ3n) is 4.86. The lowest BCUT2D eigenvalue weighted by molar-refractivity contribution is -0.385. The predicted molar refractivity (Wildman–Crippen MR) is 85.2 cm³/mol. The number of fused-ring (bicyclic) bond motifs is 1. The molecular weight excluding hydrogens is 306 g/mol. The maximum absolute atomic E-state index is 12.7. The van der Waals surface area contributed by atoms with Crippen molar-refractivity contribution in [2.75, 3.05) is 13.1 Å². The van der Waals surface area contributed by atoms with Crippen LogP contribution in [0.3, 0.4) is 0 Å². The number of hydrogen-bond acceptors (Lipinski definition) is 4. The second kappa shape index (κ2) is 6.22. The zero-order valence-electron chi connectivity index (χ0n) is 12.4. The van der Waals surface area contributed by atoms with E-state index in [-0.39, 0.29) is 35.6 Å². The van der Waals surface area contributed by atoms with Gasteiger partial charge in [0.2, 0.25) is 0 Å². The number of likely N-dealkylation sites (tertiary alicyclic amines) is 1. The number of nitro groups is 1. The molecule has 0 spiro atoms. The SMILES string of the molecule is Cc1cccc([N+](=O)[O-])c1C(=O)N1CC2CCC(N)C2C1.Cl. The van der Waals surface area contributed by atoms with E-state index in [9.17, 15) is 14.9 Å². The van der Waals surface area contributed by atoms with Crippen LogP contribution in [0.2, 0.25) is 0 Å². The lowest BCUT2D eigenvalue weighted by Gasteiger charge is -2.19. The molecule has 1 saturated carbocycles. The lowest BCUT2D eigenvalue weighted by Crippen LogP contribution is -2.34. The zero-order valence-corrected chi connectivity index (χ0v) is 13.2. The smallest absolute Gasteiger partial charge is 0.282 e. The topological polar surface area (TPSA) is 89.5 Å². The van der Waals surface area contributed by atoms with Gasteiger partial charge in [-0.3, -0.25) is 14.9 Å². The summed E-state index contributed by atoms with van der Waals surface area (Å²) in [5, 5.41) is 11.2. The molecule has 2 aliphatic rings. The summed E-state index contributed by atoms with van der Waals surface area (Å²) in [6.07, 6.45) is 2.06. The van der Waals surface area contributed by atoms with Crippen molar-refractivity contribution in [3.05, 3.63) is 39.4 Å². The minimum absolute atomic E-state index is 0. The Kier molecular flexibility index (Phi) is 4.72. The van der Waals surface area contributed by atoms with E-state index in [2.05, 4.69) is 0 Å². The van der Waals surface area contributed by atoms with Gasteiger partial charge < -0.3 is 10.6 Å². The van der Waals surface area contributed by atoms with E-state index in [1.165, 1.54) is 6.07 Å². The van der Waals surface area contributed by atoms with Crippen molar-refractivity contribution in [2.24, 2.45) is 17.6 Å². The standard InChI is InChI=1S/C15H19N3O3.ClH/c1-9-3-2-4-13(18(20)21)14(9)15(19)17-7-10-5-6-12(16)11(10)8-17;/h2-4,10-12H,5-8,16H2,1H3;1H. The number of nitrogens with two attached hydrogens (primary N) is 1. The van der Waals surface area contributed by atoms with Gasteiger partial charge in [-0.2, -0.15) is 0 Å². The van der Waals surface area contributed by atoms with Crippen LogP contribution in [-0.2, 0) is 0 Å². The van der Waals surface area contributed by atoms with Gasteiger partial charge in [0.15, 0.2) is 0 Å². The first-order valence-electron chi connectivity index (χ1n) is 7.28. The van der Waals surface area contributed by atoms with Crippen molar-refractivity contribution in [2.45, 2.75) is 25.8 Å². The maximum Gasteiger partial charge on any atom is 0.282 e. The Morgan fingerprint density at radius 2 is 2.09 bits per heavy atom. The number of hydrogen-bond donors (Lipinski definition) is 1. The molecule has 1 aliphatic carbocycles. The first-order valence-corrected chi connectivity index (χ1v) is 7.28. The molecule has 120 valence electrons. The number of aryl methyl sites for hydroxylation is 1. The highest BCUT2D eigenvalue weighted by Gasteiger charge is 2.43. The Labute approximate surface area is 135 Å². The molecule has 0 radical (unpaired) electrons. The highest BCUT2D eigenvalue weighted by atomic mass is 35.5. The van der Waals surface area contributed by atoms with Gasteiger partial charge in [0.25, 0.3) is 11.6 Å². The minimum Gasteiger partial charge on any atom is -0.338 e. The Balaban J connectivity index is 0.00000176. The first-order chi connectivity index (χ1) is 9.99. The summed E-state index contributed by atoms with van der Waals surface area (Å²) in [5.41, 5.74) is 6.84. The molecule has 2 N–H and O–H groups in total. The number of nitro benzene ring substituents is 1. The minimum atomic E-state index is -0.483. The summed E-state index contributed by atoms with van der Waals surface area (Å²) in [5.74, 6) is 0.561. The Morgan fingerprint density at radius 1 is 1.36 bits per heavy atom. The quantitative estimate of drug-likeness (QED) is 0.666. The van der Waals surface area contributed by atoms with Gasteiger partial charge in [0.1, 0.15) is 5.56 Å². The van der Waals surface area contributed by atoms with Crippen molar-refractivity contribution in [3.8, 4) is 0 Å². The molecular formula is C15H20ClN3O3. The molecule has 1 heterocycles. The lowest BCUT2D eigenvalue weighted by atomic mass is 9.98. The fraction of sp³-hybridized carbons (Fsp3) is 0.533. The fourth-order valence-corrected chi connectivity index (χ4v) is 3.71. The number of amides is 1. The summed E-state index contributed by atoms with van der Waals surface area (Å²) in [6, 6.07) is 4.89. The molecule has 1 aromatic rings. The van der Waals surface area contributed by atoms with Gasteiger partial charge in [0, 0.05) is 25.2 Å². The normalized spacial score (nSPS) is 26.5. The molecule has 3 unspecified atom stereocenters. The molecule has 3 rings (SSSR count). The molecule has 1 aliphatic heterocycles. The zero-order chi connectivity index (χ0) is 15.1. The molecule has 6 nitrogen and oxygen atoms in total. The van der Waals surface area contributed by atoms with Gasteiger partial charge in [-0.25, -0.2) is 0 Å². The number of halogens is 1. The highest BCUT2D eigenvalue weighted by molar-refractivity contribution is 5.99. The monoisotopic (exact) mass is 325 g/mol. The molecule has 1 amide bonds. The highest BCUT2D eigenvalue weighted by Crippen LogP contribution is 2.38. The van der Waals surface area contributed by atoms with E-state index >= 15 is 0 Å². The summed E-state index contributed by atoms with van der Waals surface area (Å²) in [6.45, 7) is 3.03. The molecule has 2 fully saturated rings. The number of benzene rings is 1. The Bertz CT molecular complexity index is 608. The molecule has 22 heavy (non-hydrogen) atoms. The second-order valence-electron chi connectivity index (χ2n) is 6.10. The van der Waals surface area contributed by atoms with Crippen molar-refractivity contribution < 1.29 is 9.72 Å². The van der Waals surface area contributed by atoms with E-state index < -0.39 is 4.92 Å². The largest absolute Gasteiger partial charge is 0.338 e. The van der Waals surface area contributed by atoms with Crippen LogP contribution in [0.25, 0.3) is 0 Å². The van der Waals surface area contributed by atoms with Crippen molar-refractivity contribution >= 4 is 24.0 Å². The van der Waals surface area contributed by atoms with Gasteiger partial charge in [-0.15, -0.1) is 12.4 Å². The van der Waals surface area contributed by atoms with E-state index in [1.807, 2.05) is 0 Å². The van der Waals surface area contributed by atoms with Gasteiger partial charge in [-0.05, 0) is 37.2 Å². The van der Waals surface area contributed by atoms with Crippen LogP contribution >= 0.6 is 12.4 Å². The van der Waals surface area contributed by atoms with Gasteiger partial charge in [-0.1, -0.05) is 12.1 Å². The third kappa shape index (κ3) is 2.68. The molecule has 7 heteroatoms. The van der Waals surface area contributed by atoms with E-state index in [0.29, 0.717) is 30.5 Å². The van der Waals surface area contributed by atoms with Gasteiger partial charge in [0.05, 0.1) is 4.92 Å². The van der Waals surface area contributed by atoms with Crippen LogP contribution in [0.1, 0.15) is 28.8 Å². The van der Waals surface area contributed by atoms with E-state index in [4.69, 9.17) is 5.73 Å². The number of carbonyl (C=O) groups excluding carboxylic acids is 1. The molecule has 0 bridgehead atoms. The maximum atomic E-state index is 12.7. The van der Waals surface area contributed by atoms with Crippen LogP contribution < -0.4 is 5.73 Å². The van der Waals surface area contributed by atoms with E-state index in [1.54, 1.807) is 24.0 Å². The molecule has 0 aromatic heterocycles. The summed E-state index contributed by atoms with van der Waals surface area (Å²) >= 11 is 0. The van der Waals surface area contributed by atoms with Crippen LogP contribution in [-0.4, -0.2) is 34.9 Å². The predicted octanol–water partition coefficient (Wildman–Crippen LogP) is 2.13. The third-order valence-corrected chi connectivity index (χ3v) is 4.86. The average molecular weight is 326 g/mol. The number of nitrogens with zero attached hydrogens (tertiary/aromatic N) is 2. The summed E-state index contributed by atoms with van der Waals surface area (Å²) < 4.78 is 0. The van der Waals surface area contributed by atoms with Crippen molar-refractivity contribution in [1.82, 2.24) is 4.90 Å².